The first-order valence-electron chi connectivity index (χ1n) is 8.82. The quantitative estimate of drug-likeness (QED) is 0.599. The summed E-state index contributed by atoms with van der Waals surface area (Å²) in [5.41, 5.74) is 4.26. The van der Waals surface area contributed by atoms with Gasteiger partial charge in [-0.25, -0.2) is 23.0 Å². The van der Waals surface area contributed by atoms with Gasteiger partial charge in [-0.15, -0.1) is 0 Å². The number of aryl methyl sites for hydroxylation is 1. The van der Waals surface area contributed by atoms with Crippen molar-refractivity contribution in [1.29, 1.82) is 0 Å². The maximum Gasteiger partial charge on any atom is 0.340 e. The van der Waals surface area contributed by atoms with E-state index in [1.165, 1.54) is 25.3 Å². The van der Waals surface area contributed by atoms with Crippen LogP contribution in [0.3, 0.4) is 0 Å². The Bertz CT molecular complexity index is 1150. The zero-order chi connectivity index (χ0) is 21.2. The lowest BCUT2D eigenvalue weighted by Crippen LogP contribution is -2.15. The second-order valence-corrected chi connectivity index (χ2v) is 8.06. The van der Waals surface area contributed by atoms with Crippen molar-refractivity contribution >= 4 is 21.7 Å². The minimum Gasteiger partial charge on any atom is -0.465 e. The van der Waals surface area contributed by atoms with Crippen LogP contribution in [-0.4, -0.2) is 31.3 Å². The molecular formula is C20H22N4O4S. The summed E-state index contributed by atoms with van der Waals surface area (Å²) in [4.78, 5) is 12.0. The highest BCUT2D eigenvalue weighted by Crippen LogP contribution is 2.24. The molecule has 1 heterocycles. The van der Waals surface area contributed by atoms with Gasteiger partial charge in [-0.3, -0.25) is 0 Å². The lowest BCUT2D eigenvalue weighted by atomic mass is 10.1. The Kier molecular flexibility index (Phi) is 5.71. The number of primary sulfonamides is 1. The Morgan fingerprint density at radius 1 is 1.17 bits per heavy atom. The molecule has 0 amide bonds. The maximum atomic E-state index is 12.1. The van der Waals surface area contributed by atoms with Gasteiger partial charge in [-0.1, -0.05) is 18.2 Å². The third-order valence-corrected chi connectivity index (χ3v) is 5.53. The summed E-state index contributed by atoms with van der Waals surface area (Å²) in [6.45, 7) is 4.27. The van der Waals surface area contributed by atoms with E-state index in [2.05, 4.69) is 10.4 Å². The monoisotopic (exact) mass is 414 g/mol. The van der Waals surface area contributed by atoms with Crippen LogP contribution in [-0.2, 0) is 21.3 Å². The maximum absolute atomic E-state index is 12.1. The summed E-state index contributed by atoms with van der Waals surface area (Å²) in [6.07, 6.45) is 0. The number of nitrogens with one attached hydrogen (secondary N) is 1. The van der Waals surface area contributed by atoms with Crippen molar-refractivity contribution in [3.63, 3.8) is 0 Å². The normalized spacial score (nSPS) is 11.3. The molecule has 0 saturated carbocycles. The fraction of sp³-hybridized carbons (Fsp3) is 0.200. The number of methoxy groups -OCH3 is 1. The number of ether oxygens (including phenoxy) is 1. The van der Waals surface area contributed by atoms with Gasteiger partial charge in [0.25, 0.3) is 0 Å². The molecule has 0 atom stereocenters. The van der Waals surface area contributed by atoms with Crippen molar-refractivity contribution in [3.8, 4) is 5.69 Å². The average Bonchev–Trinajstić information content (AvgIpc) is 2.99. The number of anilines is 1. The van der Waals surface area contributed by atoms with Gasteiger partial charge in [-0.05, 0) is 44.2 Å². The van der Waals surface area contributed by atoms with E-state index in [-0.39, 0.29) is 10.5 Å². The zero-order valence-electron chi connectivity index (χ0n) is 16.3. The first-order chi connectivity index (χ1) is 13.7. The first kappa shape index (κ1) is 20.6. The summed E-state index contributed by atoms with van der Waals surface area (Å²) in [5.74, 6) is -0.661. The third-order valence-electron chi connectivity index (χ3n) is 4.62. The lowest BCUT2D eigenvalue weighted by molar-refractivity contribution is 0.0601. The number of rotatable bonds is 6. The van der Waals surface area contributed by atoms with Crippen molar-refractivity contribution in [3.05, 3.63) is 71.0 Å². The summed E-state index contributed by atoms with van der Waals surface area (Å²) in [6, 6.07) is 13.8. The zero-order valence-corrected chi connectivity index (χ0v) is 17.2. The van der Waals surface area contributed by atoms with Crippen LogP contribution in [0, 0.1) is 13.8 Å². The molecule has 9 heteroatoms. The second kappa shape index (κ2) is 8.06. The third kappa shape index (κ3) is 4.30. The number of esters is 1. The molecule has 3 rings (SSSR count). The number of aromatic nitrogens is 2. The molecule has 0 aliphatic rings. The van der Waals surface area contributed by atoms with Crippen LogP contribution < -0.4 is 10.5 Å². The van der Waals surface area contributed by atoms with E-state index in [1.807, 2.05) is 48.9 Å². The fourth-order valence-electron chi connectivity index (χ4n) is 3.07. The Hall–Kier alpha value is -3.17. The van der Waals surface area contributed by atoms with Gasteiger partial charge in [0.1, 0.15) is 0 Å². The van der Waals surface area contributed by atoms with E-state index in [9.17, 15) is 13.2 Å². The summed E-state index contributed by atoms with van der Waals surface area (Å²) >= 11 is 0. The molecule has 0 bridgehead atoms. The van der Waals surface area contributed by atoms with Crippen LogP contribution in [0.5, 0.6) is 0 Å². The van der Waals surface area contributed by atoms with Crippen molar-refractivity contribution in [2.24, 2.45) is 5.14 Å². The van der Waals surface area contributed by atoms with Crippen LogP contribution in [0.25, 0.3) is 5.69 Å². The Morgan fingerprint density at radius 2 is 1.86 bits per heavy atom. The Labute approximate surface area is 169 Å². The van der Waals surface area contributed by atoms with E-state index in [4.69, 9.17) is 9.88 Å². The molecular weight excluding hydrogens is 392 g/mol. The van der Waals surface area contributed by atoms with Crippen molar-refractivity contribution < 1.29 is 17.9 Å². The fourth-order valence-corrected chi connectivity index (χ4v) is 3.61. The topological polar surface area (TPSA) is 116 Å². The number of nitrogens with zero attached hydrogens (tertiary/aromatic N) is 2. The SMILES string of the molecule is COC(=O)c1cc(S(N)(=O)=O)ccc1NCc1c(C)nn(-c2ccccc2)c1C. The first-order valence-corrected chi connectivity index (χ1v) is 10.4. The van der Waals surface area contributed by atoms with Gasteiger partial charge in [-0.2, -0.15) is 5.10 Å². The standard InChI is InChI=1S/C20H22N4O4S/c1-13-18(14(2)24(23-13)15-7-5-4-6-8-15)12-22-19-10-9-16(29(21,26)27)11-17(19)20(25)28-3/h4-11,22H,12H2,1-3H3,(H2,21,26,27). The molecule has 0 spiro atoms. The summed E-state index contributed by atoms with van der Waals surface area (Å²) < 4.78 is 29.8. The van der Waals surface area contributed by atoms with Crippen molar-refractivity contribution in [1.82, 2.24) is 9.78 Å². The van der Waals surface area contributed by atoms with Crippen LogP contribution in [0.1, 0.15) is 27.3 Å². The highest BCUT2D eigenvalue weighted by atomic mass is 32.2. The van der Waals surface area contributed by atoms with Gasteiger partial charge < -0.3 is 10.1 Å². The van der Waals surface area contributed by atoms with Crippen LogP contribution >= 0.6 is 0 Å². The molecule has 0 fully saturated rings. The number of nitrogens with two attached hydrogens (primary N) is 1. The average molecular weight is 414 g/mol. The molecule has 0 unspecified atom stereocenters. The number of benzene rings is 2. The van der Waals surface area contributed by atoms with E-state index < -0.39 is 16.0 Å². The molecule has 0 saturated heterocycles. The number of hydrogen-bond donors (Lipinski definition) is 2. The molecule has 3 N–H and O–H groups in total. The molecule has 1 aromatic heterocycles. The van der Waals surface area contributed by atoms with Gasteiger partial charge in [0, 0.05) is 23.5 Å². The second-order valence-electron chi connectivity index (χ2n) is 6.49. The van der Waals surface area contributed by atoms with Gasteiger partial charge in [0.2, 0.25) is 10.0 Å². The number of sulfonamides is 1. The number of para-hydroxylation sites is 1. The van der Waals surface area contributed by atoms with E-state index in [0.717, 1.165) is 22.6 Å². The van der Waals surface area contributed by atoms with Crippen molar-refractivity contribution in [2.75, 3.05) is 12.4 Å². The van der Waals surface area contributed by atoms with Gasteiger partial charge >= 0.3 is 5.97 Å². The van der Waals surface area contributed by atoms with Gasteiger partial charge in [0.15, 0.2) is 0 Å². The lowest BCUT2D eigenvalue weighted by Gasteiger charge is -2.12. The van der Waals surface area contributed by atoms with Crippen LogP contribution in [0.4, 0.5) is 5.69 Å². The predicted molar refractivity (Wildman–Crippen MR) is 110 cm³/mol. The van der Waals surface area contributed by atoms with Crippen LogP contribution in [0.2, 0.25) is 0 Å². The van der Waals surface area contributed by atoms with Gasteiger partial charge in [0.05, 0.1) is 29.0 Å². The molecule has 152 valence electrons. The summed E-state index contributed by atoms with van der Waals surface area (Å²) in [7, 11) is -2.71. The van der Waals surface area contributed by atoms with E-state index in [1.54, 1.807) is 0 Å². The molecule has 3 aromatic rings. The number of carbonyl (C=O) groups excluding carboxylic acids is 1. The highest BCUT2D eigenvalue weighted by molar-refractivity contribution is 7.89. The Morgan fingerprint density at radius 3 is 2.48 bits per heavy atom. The highest BCUT2D eigenvalue weighted by Gasteiger charge is 2.18. The molecule has 8 nitrogen and oxygen atoms in total. The molecule has 0 radical (unpaired) electrons. The molecule has 29 heavy (non-hydrogen) atoms. The van der Waals surface area contributed by atoms with Crippen molar-refractivity contribution in [2.45, 2.75) is 25.3 Å². The van der Waals surface area contributed by atoms with E-state index >= 15 is 0 Å². The smallest absolute Gasteiger partial charge is 0.340 e. The van der Waals surface area contributed by atoms with Crippen LogP contribution in [0.15, 0.2) is 53.4 Å². The molecule has 0 aliphatic heterocycles. The summed E-state index contributed by atoms with van der Waals surface area (Å²) in [5, 5.41) is 13.0. The predicted octanol–water partition coefficient (Wildman–Crippen LogP) is 2.54. The largest absolute Gasteiger partial charge is 0.465 e. The van der Waals surface area contributed by atoms with E-state index in [0.29, 0.717) is 12.2 Å². The minimum absolute atomic E-state index is 0.0878. The molecule has 2 aromatic carbocycles. The molecule has 0 aliphatic carbocycles. The number of hydrogen-bond acceptors (Lipinski definition) is 6. The number of carbonyl (C=O) groups is 1. The minimum atomic E-state index is -3.94. The Balaban J connectivity index is 1.92.